The monoisotopic (exact) mass is 291 g/mol. The first kappa shape index (κ1) is 15.6. The zero-order valence-corrected chi connectivity index (χ0v) is 12.9. The molecule has 5 nitrogen and oxygen atoms in total. The molecule has 0 aliphatic rings. The highest BCUT2D eigenvalue weighted by molar-refractivity contribution is 7.88. The molecule has 7 heteroatoms. The van der Waals surface area contributed by atoms with Crippen molar-refractivity contribution in [3.63, 3.8) is 0 Å². The quantitative estimate of drug-likeness (QED) is 0.833. The fourth-order valence-electron chi connectivity index (χ4n) is 1.52. The molecule has 18 heavy (non-hydrogen) atoms. The van der Waals surface area contributed by atoms with Gasteiger partial charge in [0.1, 0.15) is 10.8 Å². The molecule has 104 valence electrons. The molecule has 0 atom stereocenters. The minimum atomic E-state index is -3.51. The summed E-state index contributed by atoms with van der Waals surface area (Å²) in [6, 6.07) is 0.383. The topological polar surface area (TPSA) is 85.1 Å². The Balaban J connectivity index is 2.94. The number of aromatic nitrogens is 1. The van der Waals surface area contributed by atoms with Gasteiger partial charge < -0.3 is 5.32 Å². The van der Waals surface area contributed by atoms with Gasteiger partial charge in [-0.2, -0.15) is 0 Å². The number of hydrogen-bond donors (Lipinski definition) is 2. The molecule has 0 aromatic carbocycles. The number of primary sulfonamides is 1. The lowest BCUT2D eigenvalue weighted by molar-refractivity contribution is 0.588. The second-order valence-corrected chi connectivity index (χ2v) is 7.70. The summed E-state index contributed by atoms with van der Waals surface area (Å²) in [7, 11) is -3.51. The van der Waals surface area contributed by atoms with Crippen molar-refractivity contribution >= 4 is 21.4 Å². The molecule has 0 spiro atoms. The van der Waals surface area contributed by atoms with Gasteiger partial charge in [-0.25, -0.2) is 18.5 Å². The molecule has 0 saturated carbocycles. The largest absolute Gasteiger partial charge is 0.310 e. The van der Waals surface area contributed by atoms with Gasteiger partial charge in [0.15, 0.2) is 0 Å². The van der Waals surface area contributed by atoms with Crippen molar-refractivity contribution in [3.8, 4) is 0 Å². The number of thiazole rings is 1. The Morgan fingerprint density at radius 2 is 1.94 bits per heavy atom. The number of nitrogens with two attached hydrogens (primary N) is 1. The first-order valence-electron chi connectivity index (χ1n) is 5.91. The lowest BCUT2D eigenvalue weighted by Gasteiger charge is -2.09. The first-order valence-corrected chi connectivity index (χ1v) is 8.44. The van der Waals surface area contributed by atoms with Gasteiger partial charge in [0, 0.05) is 17.5 Å². The number of rotatable bonds is 6. The van der Waals surface area contributed by atoms with E-state index in [1.165, 1.54) is 11.3 Å². The third-order valence-electron chi connectivity index (χ3n) is 2.31. The Labute approximate surface area is 113 Å². The standard InChI is InChI=1S/C11H21N3O2S2/c1-7(2)11-9(5-13-8(3)4)17-10(14-11)6-18(12,15)16/h7-8,13H,5-6H2,1-4H3,(H2,12,15,16). The molecule has 1 aromatic heterocycles. The minimum absolute atomic E-state index is 0.181. The maximum absolute atomic E-state index is 11.1. The van der Waals surface area contributed by atoms with Gasteiger partial charge in [-0.3, -0.25) is 0 Å². The van der Waals surface area contributed by atoms with Crippen molar-refractivity contribution in [1.29, 1.82) is 0 Å². The van der Waals surface area contributed by atoms with E-state index in [1.54, 1.807) is 0 Å². The average Bonchev–Trinajstić information content (AvgIpc) is 2.55. The highest BCUT2D eigenvalue weighted by Crippen LogP contribution is 2.26. The van der Waals surface area contributed by atoms with Crippen molar-refractivity contribution in [2.75, 3.05) is 0 Å². The van der Waals surface area contributed by atoms with Crippen molar-refractivity contribution in [2.45, 2.75) is 52.0 Å². The maximum Gasteiger partial charge on any atom is 0.215 e. The number of sulfonamides is 1. The normalized spacial score (nSPS) is 12.6. The van der Waals surface area contributed by atoms with Crippen molar-refractivity contribution < 1.29 is 8.42 Å². The summed E-state index contributed by atoms with van der Waals surface area (Å²) in [5.41, 5.74) is 0.965. The van der Waals surface area contributed by atoms with Crippen LogP contribution in [0.2, 0.25) is 0 Å². The SMILES string of the molecule is CC(C)NCc1sc(CS(N)(=O)=O)nc1C(C)C. The zero-order valence-electron chi connectivity index (χ0n) is 11.2. The van der Waals surface area contributed by atoms with Crippen LogP contribution >= 0.6 is 11.3 Å². The van der Waals surface area contributed by atoms with E-state index in [4.69, 9.17) is 5.14 Å². The van der Waals surface area contributed by atoms with Gasteiger partial charge in [0.25, 0.3) is 0 Å². The van der Waals surface area contributed by atoms with E-state index in [1.807, 2.05) is 0 Å². The van der Waals surface area contributed by atoms with E-state index >= 15 is 0 Å². The summed E-state index contributed by atoms with van der Waals surface area (Å²) in [5, 5.41) is 8.94. The molecule has 0 fully saturated rings. The summed E-state index contributed by atoms with van der Waals surface area (Å²) in [5.74, 6) is 0.0958. The molecule has 0 aliphatic heterocycles. The lowest BCUT2D eigenvalue weighted by Crippen LogP contribution is -2.22. The maximum atomic E-state index is 11.1. The van der Waals surface area contributed by atoms with Gasteiger partial charge >= 0.3 is 0 Å². The van der Waals surface area contributed by atoms with Crippen LogP contribution in [0.5, 0.6) is 0 Å². The van der Waals surface area contributed by atoms with E-state index in [9.17, 15) is 8.42 Å². The Morgan fingerprint density at radius 1 is 1.33 bits per heavy atom. The predicted octanol–water partition coefficient (Wildman–Crippen LogP) is 1.55. The molecule has 0 bridgehead atoms. The number of hydrogen-bond acceptors (Lipinski definition) is 5. The van der Waals surface area contributed by atoms with E-state index < -0.39 is 10.0 Å². The lowest BCUT2D eigenvalue weighted by atomic mass is 10.1. The second kappa shape index (κ2) is 6.10. The van der Waals surface area contributed by atoms with Gasteiger partial charge in [0.05, 0.1) is 5.69 Å². The zero-order chi connectivity index (χ0) is 13.9. The third kappa shape index (κ3) is 5.01. The van der Waals surface area contributed by atoms with Crippen LogP contribution in [0.3, 0.4) is 0 Å². The first-order chi connectivity index (χ1) is 8.19. The van der Waals surface area contributed by atoms with Crippen LogP contribution in [0.1, 0.15) is 49.2 Å². The van der Waals surface area contributed by atoms with Gasteiger partial charge in [0.2, 0.25) is 10.0 Å². The summed E-state index contributed by atoms with van der Waals surface area (Å²) in [6.07, 6.45) is 0. The van der Waals surface area contributed by atoms with E-state index in [2.05, 4.69) is 38.0 Å². The Bertz CT molecular complexity index is 492. The minimum Gasteiger partial charge on any atom is -0.310 e. The molecule has 1 rings (SSSR count). The second-order valence-electron chi connectivity index (χ2n) is 4.91. The van der Waals surface area contributed by atoms with Gasteiger partial charge in [-0.1, -0.05) is 27.7 Å². The Kier molecular flexibility index (Phi) is 5.27. The molecule has 0 unspecified atom stereocenters. The van der Waals surface area contributed by atoms with Gasteiger partial charge in [-0.05, 0) is 5.92 Å². The number of nitrogens with one attached hydrogen (secondary N) is 1. The third-order valence-corrected chi connectivity index (χ3v) is 4.24. The Hall–Kier alpha value is -0.500. The van der Waals surface area contributed by atoms with Crippen LogP contribution in [-0.4, -0.2) is 19.4 Å². The predicted molar refractivity (Wildman–Crippen MR) is 75.0 cm³/mol. The molecule has 0 amide bonds. The number of nitrogens with zero attached hydrogens (tertiary/aromatic N) is 1. The van der Waals surface area contributed by atoms with Crippen LogP contribution in [0, 0.1) is 0 Å². The average molecular weight is 291 g/mol. The van der Waals surface area contributed by atoms with Crippen LogP contribution in [-0.2, 0) is 22.3 Å². The van der Waals surface area contributed by atoms with Crippen LogP contribution in [0.25, 0.3) is 0 Å². The molecule has 3 N–H and O–H groups in total. The highest BCUT2D eigenvalue weighted by atomic mass is 32.2. The van der Waals surface area contributed by atoms with Crippen LogP contribution < -0.4 is 10.5 Å². The summed E-state index contributed by atoms with van der Waals surface area (Å²) < 4.78 is 22.2. The van der Waals surface area contributed by atoms with E-state index in [0.29, 0.717) is 17.6 Å². The molecule has 0 radical (unpaired) electrons. The molecular formula is C11H21N3O2S2. The molecule has 0 saturated heterocycles. The molecule has 1 heterocycles. The van der Waals surface area contributed by atoms with Crippen molar-refractivity contribution in [2.24, 2.45) is 5.14 Å². The smallest absolute Gasteiger partial charge is 0.215 e. The van der Waals surface area contributed by atoms with Gasteiger partial charge in [-0.15, -0.1) is 11.3 Å². The molecular weight excluding hydrogens is 270 g/mol. The molecule has 0 aliphatic carbocycles. The van der Waals surface area contributed by atoms with E-state index in [-0.39, 0.29) is 11.7 Å². The van der Waals surface area contributed by atoms with Crippen molar-refractivity contribution in [1.82, 2.24) is 10.3 Å². The summed E-state index contributed by atoms with van der Waals surface area (Å²) in [4.78, 5) is 5.49. The van der Waals surface area contributed by atoms with Crippen LogP contribution in [0.4, 0.5) is 0 Å². The molecule has 1 aromatic rings. The Morgan fingerprint density at radius 3 is 2.39 bits per heavy atom. The fraction of sp³-hybridized carbons (Fsp3) is 0.727. The van der Waals surface area contributed by atoms with Crippen molar-refractivity contribution in [3.05, 3.63) is 15.6 Å². The van der Waals surface area contributed by atoms with Crippen LogP contribution in [0.15, 0.2) is 0 Å². The highest BCUT2D eigenvalue weighted by Gasteiger charge is 2.17. The van der Waals surface area contributed by atoms with E-state index in [0.717, 1.165) is 10.6 Å². The summed E-state index contributed by atoms with van der Waals surface area (Å²) >= 11 is 1.42. The summed E-state index contributed by atoms with van der Waals surface area (Å²) in [6.45, 7) is 8.96. The fourth-order valence-corrected chi connectivity index (χ4v) is 3.63.